The van der Waals surface area contributed by atoms with Gasteiger partial charge in [0.25, 0.3) is 5.91 Å². The Labute approximate surface area is 137 Å². The molecule has 1 atom stereocenters. The summed E-state index contributed by atoms with van der Waals surface area (Å²) < 4.78 is 0. The average Bonchev–Trinajstić information content (AvgIpc) is 2.60. The van der Waals surface area contributed by atoms with Crippen molar-refractivity contribution in [3.8, 4) is 0 Å². The summed E-state index contributed by atoms with van der Waals surface area (Å²) in [5.41, 5.74) is 6.09. The lowest BCUT2D eigenvalue weighted by molar-refractivity contribution is -0.120. The van der Waals surface area contributed by atoms with Crippen molar-refractivity contribution in [1.82, 2.24) is 10.3 Å². The Balaban J connectivity index is 1.96. The molecule has 1 aromatic heterocycles. The molecule has 3 rings (SSSR count). The van der Waals surface area contributed by atoms with Gasteiger partial charge < -0.3 is 16.0 Å². The summed E-state index contributed by atoms with van der Waals surface area (Å²) in [6, 6.07) is 14.5. The minimum atomic E-state index is -1.01. The summed E-state index contributed by atoms with van der Waals surface area (Å²) >= 11 is 0. The molecule has 0 aliphatic rings. The Kier molecular flexibility index (Phi) is 4.11. The lowest BCUT2D eigenvalue weighted by Gasteiger charge is -2.15. The maximum absolute atomic E-state index is 12.5. The van der Waals surface area contributed by atoms with Gasteiger partial charge in [-0.05, 0) is 17.7 Å². The molecule has 0 saturated heterocycles. The van der Waals surface area contributed by atoms with E-state index >= 15 is 0 Å². The fourth-order valence-electron chi connectivity index (χ4n) is 2.51. The topological polar surface area (TPSA) is 105 Å². The van der Waals surface area contributed by atoms with Crippen LogP contribution in [-0.2, 0) is 4.79 Å². The Morgan fingerprint density at radius 1 is 1.00 bits per heavy atom. The van der Waals surface area contributed by atoms with Gasteiger partial charge in [-0.25, -0.2) is 0 Å². The first kappa shape index (κ1) is 15.5. The van der Waals surface area contributed by atoms with Crippen LogP contribution in [0.4, 0.5) is 0 Å². The van der Waals surface area contributed by atoms with Crippen LogP contribution in [0.3, 0.4) is 0 Å². The molecule has 6 nitrogen and oxygen atoms in total. The number of carbonyl (C=O) groups excluding carboxylic acids is 2. The van der Waals surface area contributed by atoms with E-state index in [0.717, 1.165) is 0 Å². The van der Waals surface area contributed by atoms with Gasteiger partial charge >= 0.3 is 0 Å². The molecule has 2 aromatic carbocycles. The molecule has 2 amide bonds. The number of rotatable bonds is 4. The molecule has 0 aliphatic carbocycles. The molecule has 0 aliphatic heterocycles. The van der Waals surface area contributed by atoms with Gasteiger partial charge in [0.1, 0.15) is 11.6 Å². The number of nitrogens with two attached hydrogens (primary N) is 1. The molecule has 4 N–H and O–H groups in total. The number of H-pyrrole nitrogens is 1. The van der Waals surface area contributed by atoms with Crippen LogP contribution >= 0.6 is 0 Å². The highest BCUT2D eigenvalue weighted by Gasteiger charge is 2.22. The van der Waals surface area contributed by atoms with Gasteiger partial charge in [0.05, 0.1) is 0 Å². The van der Waals surface area contributed by atoms with Crippen molar-refractivity contribution in [2.45, 2.75) is 6.04 Å². The highest BCUT2D eigenvalue weighted by molar-refractivity contribution is 5.99. The summed E-state index contributed by atoms with van der Waals surface area (Å²) in [4.78, 5) is 39.5. The number of para-hydroxylation sites is 1. The van der Waals surface area contributed by atoms with Crippen molar-refractivity contribution in [3.63, 3.8) is 0 Å². The maximum atomic E-state index is 12.5. The number of aromatic nitrogens is 1. The number of aromatic amines is 1. The largest absolute Gasteiger partial charge is 0.368 e. The van der Waals surface area contributed by atoms with E-state index in [-0.39, 0.29) is 5.56 Å². The van der Waals surface area contributed by atoms with Crippen LogP contribution in [0, 0.1) is 0 Å². The average molecular weight is 321 g/mol. The van der Waals surface area contributed by atoms with E-state index < -0.39 is 23.3 Å². The number of amides is 2. The normalized spacial score (nSPS) is 11.8. The number of carbonyl (C=O) groups is 2. The molecule has 120 valence electrons. The fraction of sp³-hybridized carbons (Fsp3) is 0.0556. The second-order valence-corrected chi connectivity index (χ2v) is 5.30. The van der Waals surface area contributed by atoms with Gasteiger partial charge in [-0.15, -0.1) is 0 Å². The smallest absolute Gasteiger partial charge is 0.257 e. The van der Waals surface area contributed by atoms with Gasteiger partial charge in [-0.3, -0.25) is 14.4 Å². The predicted octanol–water partition coefficient (Wildman–Crippen LogP) is 1.48. The van der Waals surface area contributed by atoms with E-state index in [2.05, 4.69) is 10.3 Å². The molecule has 0 spiro atoms. The van der Waals surface area contributed by atoms with Crippen LogP contribution in [-0.4, -0.2) is 16.8 Å². The molecule has 6 heteroatoms. The van der Waals surface area contributed by atoms with E-state index in [9.17, 15) is 14.4 Å². The Bertz CT molecular complexity index is 964. The highest BCUT2D eigenvalue weighted by atomic mass is 16.2. The zero-order valence-electron chi connectivity index (χ0n) is 12.7. The SMILES string of the molecule is NC(=O)C(NC(=O)c1c[nH]c2ccccc2c1=O)c1ccccc1. The first-order valence-corrected chi connectivity index (χ1v) is 7.33. The van der Waals surface area contributed by atoms with E-state index in [0.29, 0.717) is 16.5 Å². The number of primary amides is 1. The first-order chi connectivity index (χ1) is 11.6. The van der Waals surface area contributed by atoms with Crippen LogP contribution < -0.4 is 16.5 Å². The molecule has 0 radical (unpaired) electrons. The number of nitrogens with one attached hydrogen (secondary N) is 2. The lowest BCUT2D eigenvalue weighted by Crippen LogP contribution is -2.39. The van der Waals surface area contributed by atoms with Crippen molar-refractivity contribution >= 4 is 22.7 Å². The van der Waals surface area contributed by atoms with Gasteiger partial charge in [0.15, 0.2) is 0 Å². The fourth-order valence-corrected chi connectivity index (χ4v) is 2.51. The second-order valence-electron chi connectivity index (χ2n) is 5.30. The van der Waals surface area contributed by atoms with Crippen LogP contribution in [0.25, 0.3) is 10.9 Å². The standard InChI is InChI=1S/C18H15N3O3/c19-17(23)15(11-6-2-1-3-7-11)21-18(24)13-10-20-14-9-5-4-8-12(14)16(13)22/h1-10,15H,(H2,19,23)(H,20,22)(H,21,24). The third kappa shape index (κ3) is 2.89. The number of fused-ring (bicyclic) bond motifs is 1. The summed E-state index contributed by atoms with van der Waals surface area (Å²) in [5.74, 6) is -1.36. The van der Waals surface area contributed by atoms with Gasteiger partial charge in [-0.2, -0.15) is 0 Å². The first-order valence-electron chi connectivity index (χ1n) is 7.33. The second kappa shape index (κ2) is 6.37. The molecule has 1 heterocycles. The van der Waals surface area contributed by atoms with Crippen LogP contribution in [0.2, 0.25) is 0 Å². The predicted molar refractivity (Wildman–Crippen MR) is 90.4 cm³/mol. The Morgan fingerprint density at radius 3 is 2.38 bits per heavy atom. The van der Waals surface area contributed by atoms with Crippen molar-refractivity contribution in [2.75, 3.05) is 0 Å². The van der Waals surface area contributed by atoms with Gasteiger partial charge in [-0.1, -0.05) is 42.5 Å². The summed E-state index contributed by atoms with van der Waals surface area (Å²) in [6.45, 7) is 0. The van der Waals surface area contributed by atoms with E-state index in [4.69, 9.17) is 5.73 Å². The molecule has 0 fully saturated rings. The van der Waals surface area contributed by atoms with E-state index in [1.165, 1.54) is 6.20 Å². The zero-order chi connectivity index (χ0) is 17.1. The molecule has 3 aromatic rings. The monoisotopic (exact) mass is 321 g/mol. The number of benzene rings is 2. The highest BCUT2D eigenvalue weighted by Crippen LogP contribution is 2.13. The summed E-state index contributed by atoms with van der Waals surface area (Å²) in [6.07, 6.45) is 1.34. The number of hydrogen-bond donors (Lipinski definition) is 3. The Hall–Kier alpha value is -3.41. The maximum Gasteiger partial charge on any atom is 0.257 e. The molecular weight excluding hydrogens is 306 g/mol. The third-order valence-electron chi connectivity index (χ3n) is 3.73. The van der Waals surface area contributed by atoms with Crippen LogP contribution in [0.1, 0.15) is 22.0 Å². The third-order valence-corrected chi connectivity index (χ3v) is 3.73. The number of hydrogen-bond acceptors (Lipinski definition) is 3. The van der Waals surface area contributed by atoms with E-state index in [1.807, 2.05) is 0 Å². The molecule has 1 unspecified atom stereocenters. The van der Waals surface area contributed by atoms with Crippen LogP contribution in [0.15, 0.2) is 65.6 Å². The van der Waals surface area contributed by atoms with Crippen molar-refractivity contribution < 1.29 is 9.59 Å². The van der Waals surface area contributed by atoms with Gasteiger partial charge in [0, 0.05) is 17.1 Å². The zero-order valence-corrected chi connectivity index (χ0v) is 12.7. The van der Waals surface area contributed by atoms with Crippen molar-refractivity contribution in [1.29, 1.82) is 0 Å². The summed E-state index contributed by atoms with van der Waals surface area (Å²) in [5, 5.41) is 2.92. The minimum absolute atomic E-state index is 0.0733. The summed E-state index contributed by atoms with van der Waals surface area (Å²) in [7, 11) is 0. The van der Waals surface area contributed by atoms with Crippen LogP contribution in [0.5, 0.6) is 0 Å². The van der Waals surface area contributed by atoms with Crippen molar-refractivity contribution in [3.05, 3.63) is 82.1 Å². The minimum Gasteiger partial charge on any atom is -0.368 e. The van der Waals surface area contributed by atoms with E-state index in [1.54, 1.807) is 54.6 Å². The Morgan fingerprint density at radius 2 is 1.67 bits per heavy atom. The lowest BCUT2D eigenvalue weighted by atomic mass is 10.1. The quantitative estimate of drug-likeness (QED) is 0.678. The molecule has 0 bridgehead atoms. The molecular formula is C18H15N3O3. The molecule has 0 saturated carbocycles. The molecule has 24 heavy (non-hydrogen) atoms. The van der Waals surface area contributed by atoms with Crippen molar-refractivity contribution in [2.24, 2.45) is 5.73 Å². The number of pyridine rings is 1. The van der Waals surface area contributed by atoms with Gasteiger partial charge in [0.2, 0.25) is 11.3 Å².